The molecule has 3 heterocycles. The highest BCUT2D eigenvalue weighted by molar-refractivity contribution is 5.94. The molecule has 3 rings (SSSR count). The lowest BCUT2D eigenvalue weighted by Gasteiger charge is -2.14. The third-order valence-corrected chi connectivity index (χ3v) is 2.91. The summed E-state index contributed by atoms with van der Waals surface area (Å²) in [6.07, 6.45) is 5.44. The Kier molecular flexibility index (Phi) is 2.09. The lowest BCUT2D eigenvalue weighted by atomic mass is 10.2. The average Bonchev–Trinajstić information content (AvgIpc) is 2.98. The number of amides is 1. The third kappa shape index (κ3) is 1.44. The van der Waals surface area contributed by atoms with Crippen molar-refractivity contribution in [2.45, 2.75) is 12.8 Å². The van der Waals surface area contributed by atoms with Crippen molar-refractivity contribution in [2.75, 3.05) is 13.1 Å². The molecule has 82 valence electrons. The highest BCUT2D eigenvalue weighted by atomic mass is 16.2. The first kappa shape index (κ1) is 9.33. The Morgan fingerprint density at radius 1 is 1.25 bits per heavy atom. The largest absolute Gasteiger partial charge is 0.339 e. The Balaban J connectivity index is 1.95. The van der Waals surface area contributed by atoms with Crippen molar-refractivity contribution in [2.24, 2.45) is 0 Å². The van der Waals surface area contributed by atoms with E-state index in [1.807, 2.05) is 17.0 Å². The SMILES string of the molecule is O=C(c1ccc2ncnn2c1)N1CCCC1. The van der Waals surface area contributed by atoms with Gasteiger partial charge in [0, 0.05) is 19.3 Å². The van der Waals surface area contributed by atoms with Gasteiger partial charge in [-0.1, -0.05) is 0 Å². The lowest BCUT2D eigenvalue weighted by Crippen LogP contribution is -2.27. The van der Waals surface area contributed by atoms with Crippen molar-refractivity contribution < 1.29 is 4.79 Å². The van der Waals surface area contributed by atoms with Crippen molar-refractivity contribution >= 4 is 11.6 Å². The van der Waals surface area contributed by atoms with E-state index in [-0.39, 0.29) is 5.91 Å². The number of likely N-dealkylation sites (tertiary alicyclic amines) is 1. The second-order valence-corrected chi connectivity index (χ2v) is 3.98. The van der Waals surface area contributed by atoms with E-state index in [9.17, 15) is 4.79 Å². The summed E-state index contributed by atoms with van der Waals surface area (Å²) in [7, 11) is 0. The van der Waals surface area contributed by atoms with Gasteiger partial charge >= 0.3 is 0 Å². The summed E-state index contributed by atoms with van der Waals surface area (Å²) in [5.74, 6) is 0.0925. The van der Waals surface area contributed by atoms with Crippen LogP contribution >= 0.6 is 0 Å². The van der Waals surface area contributed by atoms with Crippen LogP contribution < -0.4 is 0 Å². The van der Waals surface area contributed by atoms with Gasteiger partial charge in [-0.2, -0.15) is 5.10 Å². The monoisotopic (exact) mass is 216 g/mol. The fraction of sp³-hybridized carbons (Fsp3) is 0.364. The summed E-state index contributed by atoms with van der Waals surface area (Å²) in [5.41, 5.74) is 1.44. The summed E-state index contributed by atoms with van der Waals surface area (Å²) in [4.78, 5) is 18.0. The van der Waals surface area contributed by atoms with E-state index in [2.05, 4.69) is 10.1 Å². The number of rotatable bonds is 1. The van der Waals surface area contributed by atoms with Crippen LogP contribution in [0.2, 0.25) is 0 Å². The zero-order valence-corrected chi connectivity index (χ0v) is 8.83. The number of carbonyl (C=O) groups is 1. The standard InChI is InChI=1S/C11H12N4O/c16-11(14-5-1-2-6-14)9-3-4-10-12-8-13-15(10)7-9/h3-4,7-8H,1-2,5-6H2. The van der Waals surface area contributed by atoms with Crippen LogP contribution in [0.15, 0.2) is 24.7 Å². The van der Waals surface area contributed by atoms with E-state index in [1.165, 1.54) is 6.33 Å². The van der Waals surface area contributed by atoms with Gasteiger partial charge in [0.15, 0.2) is 5.65 Å². The fourth-order valence-corrected chi connectivity index (χ4v) is 2.05. The number of hydrogen-bond donors (Lipinski definition) is 0. The fourth-order valence-electron chi connectivity index (χ4n) is 2.05. The molecule has 0 bridgehead atoms. The molecular weight excluding hydrogens is 204 g/mol. The van der Waals surface area contributed by atoms with E-state index < -0.39 is 0 Å². The molecule has 16 heavy (non-hydrogen) atoms. The smallest absolute Gasteiger partial charge is 0.255 e. The van der Waals surface area contributed by atoms with E-state index in [0.717, 1.165) is 31.6 Å². The van der Waals surface area contributed by atoms with Crippen LogP contribution in [-0.2, 0) is 0 Å². The third-order valence-electron chi connectivity index (χ3n) is 2.91. The van der Waals surface area contributed by atoms with Crippen LogP contribution in [0.4, 0.5) is 0 Å². The minimum atomic E-state index is 0.0925. The van der Waals surface area contributed by atoms with Crippen molar-refractivity contribution in [3.05, 3.63) is 30.2 Å². The van der Waals surface area contributed by atoms with Crippen molar-refractivity contribution in [3.63, 3.8) is 0 Å². The van der Waals surface area contributed by atoms with Gasteiger partial charge in [0.25, 0.3) is 5.91 Å². The molecule has 0 aliphatic carbocycles. The van der Waals surface area contributed by atoms with Crippen LogP contribution in [0.25, 0.3) is 5.65 Å². The second kappa shape index (κ2) is 3.59. The topological polar surface area (TPSA) is 50.5 Å². The molecule has 1 saturated heterocycles. The summed E-state index contributed by atoms with van der Waals surface area (Å²) >= 11 is 0. The summed E-state index contributed by atoms with van der Waals surface area (Å²) in [5, 5.41) is 4.02. The molecule has 1 fully saturated rings. The molecule has 1 aliphatic heterocycles. The minimum absolute atomic E-state index is 0.0925. The van der Waals surface area contributed by atoms with Crippen LogP contribution in [0, 0.1) is 0 Å². The summed E-state index contributed by atoms with van der Waals surface area (Å²) in [6.45, 7) is 1.74. The predicted octanol–water partition coefficient (Wildman–Crippen LogP) is 0.965. The van der Waals surface area contributed by atoms with Gasteiger partial charge in [0.05, 0.1) is 5.56 Å². The summed E-state index contributed by atoms with van der Waals surface area (Å²) < 4.78 is 1.63. The van der Waals surface area contributed by atoms with Crippen molar-refractivity contribution in [1.82, 2.24) is 19.5 Å². The van der Waals surface area contributed by atoms with Gasteiger partial charge in [-0.15, -0.1) is 0 Å². The molecule has 2 aromatic heterocycles. The normalized spacial score (nSPS) is 15.9. The van der Waals surface area contributed by atoms with Crippen LogP contribution in [-0.4, -0.2) is 38.5 Å². The highest BCUT2D eigenvalue weighted by Gasteiger charge is 2.19. The van der Waals surface area contributed by atoms with Crippen LogP contribution in [0.3, 0.4) is 0 Å². The second-order valence-electron chi connectivity index (χ2n) is 3.98. The maximum Gasteiger partial charge on any atom is 0.255 e. The number of aromatic nitrogens is 3. The molecule has 0 spiro atoms. The van der Waals surface area contributed by atoms with Crippen molar-refractivity contribution in [1.29, 1.82) is 0 Å². The van der Waals surface area contributed by atoms with Gasteiger partial charge in [-0.25, -0.2) is 9.50 Å². The number of pyridine rings is 1. The Morgan fingerprint density at radius 3 is 2.88 bits per heavy atom. The molecule has 0 unspecified atom stereocenters. The molecule has 0 saturated carbocycles. The Labute approximate surface area is 92.7 Å². The summed E-state index contributed by atoms with van der Waals surface area (Å²) in [6, 6.07) is 3.63. The molecule has 5 nitrogen and oxygen atoms in total. The number of carbonyl (C=O) groups excluding carboxylic acids is 1. The van der Waals surface area contributed by atoms with Gasteiger partial charge in [0.1, 0.15) is 6.33 Å². The molecule has 1 amide bonds. The maximum atomic E-state index is 12.1. The highest BCUT2D eigenvalue weighted by Crippen LogP contribution is 2.13. The van der Waals surface area contributed by atoms with E-state index in [4.69, 9.17) is 0 Å². The number of fused-ring (bicyclic) bond motifs is 1. The maximum absolute atomic E-state index is 12.1. The first-order valence-electron chi connectivity index (χ1n) is 5.43. The Hall–Kier alpha value is -1.91. The predicted molar refractivity (Wildman–Crippen MR) is 58.1 cm³/mol. The first-order valence-corrected chi connectivity index (χ1v) is 5.43. The van der Waals surface area contributed by atoms with Gasteiger partial charge in [-0.3, -0.25) is 4.79 Å². The van der Waals surface area contributed by atoms with E-state index in [0.29, 0.717) is 5.56 Å². The van der Waals surface area contributed by atoms with Crippen LogP contribution in [0.1, 0.15) is 23.2 Å². The van der Waals surface area contributed by atoms with Gasteiger partial charge in [0.2, 0.25) is 0 Å². The Bertz CT molecular complexity index is 528. The van der Waals surface area contributed by atoms with Gasteiger partial charge in [-0.05, 0) is 25.0 Å². The van der Waals surface area contributed by atoms with Crippen LogP contribution in [0.5, 0.6) is 0 Å². The average molecular weight is 216 g/mol. The molecular formula is C11H12N4O. The minimum Gasteiger partial charge on any atom is -0.339 e. The molecule has 0 aromatic carbocycles. The van der Waals surface area contributed by atoms with E-state index >= 15 is 0 Å². The lowest BCUT2D eigenvalue weighted by molar-refractivity contribution is 0.0792. The molecule has 5 heteroatoms. The number of hydrogen-bond acceptors (Lipinski definition) is 3. The molecule has 1 aliphatic rings. The molecule has 2 aromatic rings. The number of nitrogens with zero attached hydrogens (tertiary/aromatic N) is 4. The molecule has 0 atom stereocenters. The van der Waals surface area contributed by atoms with E-state index in [1.54, 1.807) is 10.7 Å². The quantitative estimate of drug-likeness (QED) is 0.713. The van der Waals surface area contributed by atoms with Crippen molar-refractivity contribution in [3.8, 4) is 0 Å². The molecule has 0 radical (unpaired) electrons. The van der Waals surface area contributed by atoms with Gasteiger partial charge < -0.3 is 4.90 Å². The molecule has 0 N–H and O–H groups in total. The zero-order chi connectivity index (χ0) is 11.0. The zero-order valence-electron chi connectivity index (χ0n) is 8.83. The Morgan fingerprint density at radius 2 is 2.06 bits per heavy atom. The first-order chi connectivity index (χ1) is 7.84.